The fraction of sp³-hybridized carbons (Fsp3) is 0.364. The summed E-state index contributed by atoms with van der Waals surface area (Å²) in [6, 6.07) is 2.02. The molecule has 72 valence electrons. The molecule has 2 rings (SSSR count). The van der Waals surface area contributed by atoms with Crippen LogP contribution in [-0.4, -0.2) is 14.5 Å². The van der Waals surface area contributed by atoms with Gasteiger partial charge in [-0.2, -0.15) is 0 Å². The predicted molar refractivity (Wildman–Crippen MR) is 56.1 cm³/mol. The average Bonchev–Trinajstić information content (AvgIpc) is 2.44. The lowest BCUT2D eigenvalue weighted by atomic mass is 10.2. The third kappa shape index (κ3) is 1.20. The SMILES string of the molecule is [CH]n1c(CC)nc2c(C)cc(C)nc21. The van der Waals surface area contributed by atoms with E-state index >= 15 is 0 Å². The van der Waals surface area contributed by atoms with E-state index in [1.54, 1.807) is 4.57 Å². The van der Waals surface area contributed by atoms with Gasteiger partial charge in [-0.3, -0.25) is 0 Å². The monoisotopic (exact) mass is 187 g/mol. The molecular formula is C11H13N3. The molecule has 2 aromatic rings. The molecule has 14 heavy (non-hydrogen) atoms. The summed E-state index contributed by atoms with van der Waals surface area (Å²) in [7, 11) is 5.88. The minimum Gasteiger partial charge on any atom is -0.305 e. The maximum absolute atomic E-state index is 5.88. The van der Waals surface area contributed by atoms with Gasteiger partial charge in [-0.15, -0.1) is 0 Å². The average molecular weight is 187 g/mol. The third-order valence-electron chi connectivity index (χ3n) is 2.36. The Labute approximate surface area is 83.8 Å². The largest absolute Gasteiger partial charge is 0.305 e. The first-order valence-corrected chi connectivity index (χ1v) is 4.74. The number of aryl methyl sites for hydroxylation is 3. The van der Waals surface area contributed by atoms with Crippen LogP contribution in [0.4, 0.5) is 0 Å². The molecule has 3 nitrogen and oxygen atoms in total. The Morgan fingerprint density at radius 3 is 2.71 bits per heavy atom. The summed E-state index contributed by atoms with van der Waals surface area (Å²) in [5.41, 5.74) is 3.80. The maximum atomic E-state index is 5.88. The van der Waals surface area contributed by atoms with Crippen molar-refractivity contribution >= 4 is 11.2 Å². The molecule has 0 fully saturated rings. The second-order valence-corrected chi connectivity index (χ2v) is 3.50. The van der Waals surface area contributed by atoms with Gasteiger partial charge < -0.3 is 4.57 Å². The molecule has 2 radical (unpaired) electrons. The quantitative estimate of drug-likeness (QED) is 0.684. The topological polar surface area (TPSA) is 30.7 Å². The van der Waals surface area contributed by atoms with Crippen LogP contribution < -0.4 is 0 Å². The zero-order valence-electron chi connectivity index (χ0n) is 8.70. The van der Waals surface area contributed by atoms with Gasteiger partial charge in [-0.25, -0.2) is 9.97 Å². The molecule has 0 aliphatic rings. The van der Waals surface area contributed by atoms with Gasteiger partial charge in [0, 0.05) is 12.1 Å². The van der Waals surface area contributed by atoms with E-state index in [1.165, 1.54) is 0 Å². The van der Waals surface area contributed by atoms with Crippen LogP contribution in [0, 0.1) is 20.9 Å². The van der Waals surface area contributed by atoms with Gasteiger partial charge in [-0.1, -0.05) is 6.92 Å². The van der Waals surface area contributed by atoms with E-state index in [-0.39, 0.29) is 0 Å². The van der Waals surface area contributed by atoms with Crippen molar-refractivity contribution in [1.29, 1.82) is 0 Å². The van der Waals surface area contributed by atoms with Crippen LogP contribution in [0.3, 0.4) is 0 Å². The number of aromatic nitrogens is 3. The van der Waals surface area contributed by atoms with Gasteiger partial charge in [0.15, 0.2) is 5.65 Å². The van der Waals surface area contributed by atoms with Crippen molar-refractivity contribution in [2.24, 2.45) is 0 Å². The Morgan fingerprint density at radius 2 is 2.07 bits per heavy atom. The van der Waals surface area contributed by atoms with Gasteiger partial charge in [0.2, 0.25) is 0 Å². The number of nitrogens with zero attached hydrogens (tertiary/aromatic N) is 3. The first-order valence-electron chi connectivity index (χ1n) is 4.74. The van der Waals surface area contributed by atoms with Crippen LogP contribution in [0.15, 0.2) is 6.07 Å². The smallest absolute Gasteiger partial charge is 0.160 e. The Kier molecular flexibility index (Phi) is 2.02. The predicted octanol–water partition coefficient (Wildman–Crippen LogP) is 2.13. The van der Waals surface area contributed by atoms with E-state index in [9.17, 15) is 0 Å². The molecule has 0 aliphatic heterocycles. The minimum atomic E-state index is 0.777. The van der Waals surface area contributed by atoms with E-state index in [4.69, 9.17) is 7.05 Å². The summed E-state index contributed by atoms with van der Waals surface area (Å²) in [4.78, 5) is 8.83. The van der Waals surface area contributed by atoms with Gasteiger partial charge in [0.1, 0.15) is 11.3 Å². The molecule has 0 aliphatic carbocycles. The lowest BCUT2D eigenvalue weighted by Crippen LogP contribution is -1.95. The number of fused-ring (bicyclic) bond motifs is 1. The van der Waals surface area contributed by atoms with Gasteiger partial charge in [0.25, 0.3) is 0 Å². The molecule has 0 amide bonds. The molecule has 0 aromatic carbocycles. The molecule has 2 heterocycles. The van der Waals surface area contributed by atoms with Crippen LogP contribution >= 0.6 is 0 Å². The van der Waals surface area contributed by atoms with Crippen molar-refractivity contribution < 1.29 is 0 Å². The highest BCUT2D eigenvalue weighted by atomic mass is 15.1. The summed E-state index contributed by atoms with van der Waals surface area (Å²) in [6.07, 6.45) is 0.825. The number of imidazole rings is 1. The molecule has 2 aromatic heterocycles. The molecule has 0 N–H and O–H groups in total. The van der Waals surface area contributed by atoms with Gasteiger partial charge in [0.05, 0.1) is 7.05 Å². The van der Waals surface area contributed by atoms with E-state index in [0.29, 0.717) is 0 Å². The number of hydrogen-bond acceptors (Lipinski definition) is 2. The molecule has 0 saturated carbocycles. The minimum absolute atomic E-state index is 0.777. The van der Waals surface area contributed by atoms with E-state index < -0.39 is 0 Å². The Bertz CT molecular complexity index is 483. The summed E-state index contributed by atoms with van der Waals surface area (Å²) >= 11 is 0. The lowest BCUT2D eigenvalue weighted by molar-refractivity contribution is 0.898. The second-order valence-electron chi connectivity index (χ2n) is 3.50. The zero-order valence-corrected chi connectivity index (χ0v) is 8.70. The molecule has 0 bridgehead atoms. The van der Waals surface area contributed by atoms with Crippen LogP contribution in [-0.2, 0) is 6.42 Å². The summed E-state index contributed by atoms with van der Waals surface area (Å²) in [6.45, 7) is 6.03. The van der Waals surface area contributed by atoms with Crippen LogP contribution in [0.25, 0.3) is 11.2 Å². The standard InChI is InChI=1S/C11H13N3/c1-5-9-13-10-7(2)6-8(3)12-11(10)14(9)4/h4,6H,5H2,1-3H3. The van der Waals surface area contributed by atoms with Gasteiger partial charge >= 0.3 is 0 Å². The molecule has 3 heteroatoms. The van der Waals surface area contributed by atoms with E-state index in [0.717, 1.165) is 34.7 Å². The lowest BCUT2D eigenvalue weighted by Gasteiger charge is -1.99. The van der Waals surface area contributed by atoms with E-state index in [1.807, 2.05) is 26.8 Å². The maximum Gasteiger partial charge on any atom is 0.160 e. The highest BCUT2D eigenvalue weighted by molar-refractivity contribution is 5.76. The summed E-state index contributed by atoms with van der Waals surface area (Å²) < 4.78 is 1.58. The van der Waals surface area contributed by atoms with Crippen molar-refractivity contribution in [3.05, 3.63) is 30.2 Å². The fourth-order valence-electron chi connectivity index (χ4n) is 1.67. The van der Waals surface area contributed by atoms with Crippen molar-refractivity contribution in [3.8, 4) is 0 Å². The summed E-state index contributed by atoms with van der Waals surface area (Å²) in [5.74, 6) is 0.876. The fourth-order valence-corrected chi connectivity index (χ4v) is 1.67. The number of hydrogen-bond donors (Lipinski definition) is 0. The first kappa shape index (κ1) is 9.19. The van der Waals surface area contributed by atoms with E-state index in [2.05, 4.69) is 9.97 Å². The highest BCUT2D eigenvalue weighted by Crippen LogP contribution is 2.18. The Hall–Kier alpha value is -1.38. The van der Waals surface area contributed by atoms with Crippen molar-refractivity contribution in [1.82, 2.24) is 14.5 Å². The Balaban J connectivity index is 2.85. The third-order valence-corrected chi connectivity index (χ3v) is 2.36. The number of pyridine rings is 1. The molecule has 0 atom stereocenters. The Morgan fingerprint density at radius 1 is 1.36 bits per heavy atom. The molecule has 0 saturated heterocycles. The van der Waals surface area contributed by atoms with Crippen LogP contribution in [0.1, 0.15) is 24.0 Å². The van der Waals surface area contributed by atoms with Crippen molar-refractivity contribution in [3.63, 3.8) is 0 Å². The molecule has 0 unspecified atom stereocenters. The van der Waals surface area contributed by atoms with Crippen molar-refractivity contribution in [2.75, 3.05) is 0 Å². The molecular weight excluding hydrogens is 174 g/mol. The molecule has 0 spiro atoms. The zero-order chi connectivity index (χ0) is 10.3. The summed E-state index contributed by atoms with van der Waals surface area (Å²) in [5, 5.41) is 0. The number of rotatable bonds is 1. The first-order chi connectivity index (χ1) is 6.63. The van der Waals surface area contributed by atoms with Crippen LogP contribution in [0.2, 0.25) is 0 Å². The van der Waals surface area contributed by atoms with Gasteiger partial charge in [-0.05, 0) is 25.5 Å². The highest BCUT2D eigenvalue weighted by Gasteiger charge is 2.09. The normalized spacial score (nSPS) is 11.1. The van der Waals surface area contributed by atoms with Crippen LogP contribution in [0.5, 0.6) is 0 Å². The van der Waals surface area contributed by atoms with Crippen molar-refractivity contribution in [2.45, 2.75) is 27.2 Å². The second kappa shape index (κ2) is 3.08.